The molecule has 9 heteroatoms. The Morgan fingerprint density at radius 2 is 2.35 bits per heavy atom. The first kappa shape index (κ1) is 13.9. The van der Waals surface area contributed by atoms with Crippen LogP contribution < -0.4 is 5.32 Å². The maximum atomic E-state index is 10.7. The van der Waals surface area contributed by atoms with E-state index in [0.717, 1.165) is 0 Å². The van der Waals surface area contributed by atoms with E-state index in [2.05, 4.69) is 15.3 Å². The van der Waals surface area contributed by atoms with E-state index in [1.807, 2.05) is 0 Å². The van der Waals surface area contributed by atoms with Crippen LogP contribution in [0.3, 0.4) is 0 Å². The van der Waals surface area contributed by atoms with Crippen molar-refractivity contribution in [2.45, 2.75) is 6.42 Å². The topological polar surface area (TPSA) is 118 Å². The smallest absolute Gasteiger partial charge is 0.355 e. The SMILES string of the molecule is O=C(O)c1csc(CCNc2cc([N+](=O)[O-])ccn2)n1. The number of carboxylic acid groups (broad SMARTS) is 1. The van der Waals surface area contributed by atoms with Crippen molar-refractivity contribution >= 4 is 28.8 Å². The van der Waals surface area contributed by atoms with Gasteiger partial charge in [-0.05, 0) is 0 Å². The van der Waals surface area contributed by atoms with Crippen molar-refractivity contribution in [3.05, 3.63) is 44.5 Å². The number of thiazole rings is 1. The summed E-state index contributed by atoms with van der Waals surface area (Å²) in [6.45, 7) is 0.459. The third kappa shape index (κ3) is 3.48. The van der Waals surface area contributed by atoms with Crippen molar-refractivity contribution in [1.82, 2.24) is 9.97 Å². The first-order valence-corrected chi connectivity index (χ1v) is 6.46. The van der Waals surface area contributed by atoms with Crippen molar-refractivity contribution in [3.63, 3.8) is 0 Å². The molecule has 0 radical (unpaired) electrons. The number of anilines is 1. The molecule has 0 aliphatic carbocycles. The molecular weight excluding hydrogens is 284 g/mol. The number of aromatic nitrogens is 2. The van der Waals surface area contributed by atoms with Crippen LogP contribution in [0.2, 0.25) is 0 Å². The van der Waals surface area contributed by atoms with E-state index in [0.29, 0.717) is 23.8 Å². The largest absolute Gasteiger partial charge is 0.476 e. The van der Waals surface area contributed by atoms with Crippen LogP contribution in [0.4, 0.5) is 11.5 Å². The number of hydrogen-bond donors (Lipinski definition) is 2. The summed E-state index contributed by atoms with van der Waals surface area (Å²) in [5.74, 6) is -0.657. The second-order valence-electron chi connectivity index (χ2n) is 3.76. The quantitative estimate of drug-likeness (QED) is 0.616. The average molecular weight is 294 g/mol. The zero-order valence-electron chi connectivity index (χ0n) is 10.1. The molecule has 20 heavy (non-hydrogen) atoms. The molecule has 104 valence electrons. The van der Waals surface area contributed by atoms with Gasteiger partial charge in [0.15, 0.2) is 5.69 Å². The lowest BCUT2D eigenvalue weighted by atomic mass is 10.4. The number of carbonyl (C=O) groups is 1. The molecule has 0 saturated carbocycles. The van der Waals surface area contributed by atoms with Gasteiger partial charge in [-0.25, -0.2) is 14.8 Å². The molecule has 0 fully saturated rings. The predicted octanol–water partition coefficient (Wildman–Crippen LogP) is 1.80. The number of rotatable bonds is 6. The van der Waals surface area contributed by atoms with E-state index < -0.39 is 10.9 Å². The summed E-state index contributed by atoms with van der Waals surface area (Å²) in [4.78, 5) is 28.7. The van der Waals surface area contributed by atoms with Crippen LogP contribution in [0.5, 0.6) is 0 Å². The highest BCUT2D eigenvalue weighted by Crippen LogP contribution is 2.15. The first-order valence-electron chi connectivity index (χ1n) is 5.58. The fraction of sp³-hybridized carbons (Fsp3) is 0.182. The van der Waals surface area contributed by atoms with E-state index in [-0.39, 0.29) is 11.4 Å². The first-order chi connectivity index (χ1) is 9.56. The van der Waals surface area contributed by atoms with Gasteiger partial charge in [0.05, 0.1) is 16.0 Å². The molecule has 8 nitrogen and oxygen atoms in total. The Hall–Kier alpha value is -2.55. The number of pyridine rings is 1. The highest BCUT2D eigenvalue weighted by Gasteiger charge is 2.09. The summed E-state index contributed by atoms with van der Waals surface area (Å²) < 4.78 is 0. The second kappa shape index (κ2) is 6.06. The van der Waals surface area contributed by atoms with E-state index in [1.54, 1.807) is 0 Å². The molecule has 0 aliphatic rings. The summed E-state index contributed by atoms with van der Waals surface area (Å²) in [6.07, 6.45) is 1.87. The normalized spacial score (nSPS) is 10.2. The monoisotopic (exact) mass is 294 g/mol. The fourth-order valence-electron chi connectivity index (χ4n) is 1.45. The Morgan fingerprint density at radius 1 is 1.55 bits per heavy atom. The lowest BCUT2D eigenvalue weighted by molar-refractivity contribution is -0.384. The molecule has 2 aromatic heterocycles. The zero-order valence-corrected chi connectivity index (χ0v) is 11.0. The van der Waals surface area contributed by atoms with Crippen molar-refractivity contribution in [2.75, 3.05) is 11.9 Å². The van der Waals surface area contributed by atoms with Crippen LogP contribution in [0, 0.1) is 10.1 Å². The van der Waals surface area contributed by atoms with Crippen molar-refractivity contribution in [3.8, 4) is 0 Å². The molecule has 2 heterocycles. The maximum Gasteiger partial charge on any atom is 0.355 e. The minimum atomic E-state index is -1.05. The summed E-state index contributed by atoms with van der Waals surface area (Å²) in [5, 5.41) is 24.4. The van der Waals surface area contributed by atoms with Crippen LogP contribution >= 0.6 is 11.3 Å². The van der Waals surface area contributed by atoms with Crippen molar-refractivity contribution < 1.29 is 14.8 Å². The molecule has 0 amide bonds. The summed E-state index contributed by atoms with van der Waals surface area (Å²) in [5.41, 5.74) is -0.0108. The standard InChI is InChI=1S/C11H10N4O4S/c16-11(17)8-6-20-10(14-8)2-4-13-9-5-7(15(18)19)1-3-12-9/h1,3,5-6H,2,4H2,(H,12,13)(H,16,17). The van der Waals surface area contributed by atoms with Crippen LogP contribution in [0.1, 0.15) is 15.5 Å². The minimum absolute atomic E-state index is 0.0264. The van der Waals surface area contributed by atoms with E-state index in [1.165, 1.54) is 35.0 Å². The number of nitrogens with one attached hydrogen (secondary N) is 1. The molecule has 0 aromatic carbocycles. The van der Waals surface area contributed by atoms with Crippen LogP contribution in [0.25, 0.3) is 0 Å². The highest BCUT2D eigenvalue weighted by molar-refractivity contribution is 7.09. The minimum Gasteiger partial charge on any atom is -0.476 e. The van der Waals surface area contributed by atoms with E-state index in [4.69, 9.17) is 5.11 Å². The van der Waals surface area contributed by atoms with Crippen molar-refractivity contribution in [1.29, 1.82) is 0 Å². The van der Waals surface area contributed by atoms with Gasteiger partial charge in [-0.1, -0.05) is 0 Å². The average Bonchev–Trinajstić information content (AvgIpc) is 2.88. The van der Waals surface area contributed by atoms with E-state index in [9.17, 15) is 14.9 Å². The lowest BCUT2D eigenvalue weighted by Gasteiger charge is -2.03. The number of aromatic carboxylic acids is 1. The number of nitro groups is 1. The van der Waals surface area contributed by atoms with Crippen molar-refractivity contribution in [2.24, 2.45) is 0 Å². The van der Waals surface area contributed by atoms with Crippen LogP contribution in [-0.4, -0.2) is 32.5 Å². The third-order valence-corrected chi connectivity index (χ3v) is 3.28. The highest BCUT2D eigenvalue weighted by atomic mass is 32.1. The van der Waals surface area contributed by atoms with Gasteiger partial charge in [0.2, 0.25) is 0 Å². The summed E-state index contributed by atoms with van der Waals surface area (Å²) >= 11 is 1.26. The molecule has 0 unspecified atom stereocenters. The molecule has 0 saturated heterocycles. The zero-order chi connectivity index (χ0) is 14.5. The molecule has 0 aliphatic heterocycles. The van der Waals surface area contributed by atoms with E-state index >= 15 is 0 Å². The van der Waals surface area contributed by atoms with Crippen LogP contribution in [0.15, 0.2) is 23.7 Å². The second-order valence-corrected chi connectivity index (χ2v) is 4.71. The number of hydrogen-bond acceptors (Lipinski definition) is 7. The Morgan fingerprint density at radius 3 is 3.00 bits per heavy atom. The molecule has 2 aromatic rings. The molecule has 2 rings (SSSR count). The molecular formula is C11H10N4O4S. The number of carboxylic acids is 1. The van der Waals surface area contributed by atoms with Gasteiger partial charge in [0.1, 0.15) is 5.82 Å². The molecule has 0 bridgehead atoms. The Kier molecular flexibility index (Phi) is 4.20. The van der Waals surface area contributed by atoms with Gasteiger partial charge in [-0.2, -0.15) is 0 Å². The summed E-state index contributed by atoms with van der Waals surface area (Å²) in [7, 11) is 0. The van der Waals surface area contributed by atoms with Gasteiger partial charge in [0.25, 0.3) is 5.69 Å². The van der Waals surface area contributed by atoms with Gasteiger partial charge >= 0.3 is 5.97 Å². The Balaban J connectivity index is 1.90. The van der Waals surface area contributed by atoms with Crippen LogP contribution in [-0.2, 0) is 6.42 Å². The number of nitrogens with zero attached hydrogens (tertiary/aromatic N) is 3. The molecule has 0 atom stereocenters. The maximum absolute atomic E-state index is 10.7. The van der Waals surface area contributed by atoms with Gasteiger partial charge in [0, 0.05) is 30.6 Å². The Bertz CT molecular complexity index is 643. The molecule has 2 N–H and O–H groups in total. The third-order valence-electron chi connectivity index (χ3n) is 2.37. The lowest BCUT2D eigenvalue weighted by Crippen LogP contribution is -2.07. The predicted molar refractivity (Wildman–Crippen MR) is 72.2 cm³/mol. The summed E-state index contributed by atoms with van der Waals surface area (Å²) in [6, 6.07) is 2.65. The van der Waals surface area contributed by atoms with Gasteiger partial charge in [-0.15, -0.1) is 11.3 Å². The van der Waals surface area contributed by atoms with Gasteiger partial charge < -0.3 is 10.4 Å². The van der Waals surface area contributed by atoms with Gasteiger partial charge in [-0.3, -0.25) is 10.1 Å². The fourth-order valence-corrected chi connectivity index (χ4v) is 2.22. The molecule has 0 spiro atoms. The Labute approximate surface area is 117 Å².